The Labute approximate surface area is 180 Å². The number of halogens is 2. The molecule has 6 nitrogen and oxygen atoms in total. The molecule has 31 heavy (non-hydrogen) atoms. The first-order valence-electron chi connectivity index (χ1n) is 10.6. The third-order valence-corrected chi connectivity index (χ3v) is 6.64. The standard InChI is InChI=1S/C23H27F2N5O/c1-4-23(2)11-5-6-19(22(23)25)29(3)21-10-9-18(27-28-21)17-8-7-16(12-20(17)31)30-14-15(24)13-26-30/h7-10,12-14,19,22,31H,4-6,11H2,1-3H3/t19-,22-,23+/m0/s1. The maximum atomic E-state index is 15.3. The van der Waals surface area contributed by atoms with E-state index in [9.17, 15) is 9.50 Å². The van der Waals surface area contributed by atoms with Gasteiger partial charge in [-0.15, -0.1) is 10.2 Å². The van der Waals surface area contributed by atoms with Crippen LogP contribution in [-0.2, 0) is 0 Å². The molecule has 3 aromatic rings. The number of rotatable bonds is 5. The first-order valence-corrected chi connectivity index (χ1v) is 10.6. The Balaban J connectivity index is 1.54. The lowest BCUT2D eigenvalue weighted by Crippen LogP contribution is -2.50. The minimum Gasteiger partial charge on any atom is -0.507 e. The van der Waals surface area contributed by atoms with Gasteiger partial charge in [0, 0.05) is 24.1 Å². The molecule has 2 heterocycles. The van der Waals surface area contributed by atoms with Gasteiger partial charge in [-0.25, -0.2) is 13.5 Å². The molecule has 0 bridgehead atoms. The molecular weight excluding hydrogens is 400 g/mol. The van der Waals surface area contributed by atoms with Crippen LogP contribution in [0.3, 0.4) is 0 Å². The molecule has 8 heteroatoms. The van der Waals surface area contributed by atoms with Gasteiger partial charge in [-0.1, -0.05) is 20.3 Å². The van der Waals surface area contributed by atoms with Gasteiger partial charge >= 0.3 is 0 Å². The van der Waals surface area contributed by atoms with Crippen molar-refractivity contribution in [2.75, 3.05) is 11.9 Å². The van der Waals surface area contributed by atoms with E-state index >= 15 is 4.39 Å². The van der Waals surface area contributed by atoms with Crippen LogP contribution in [0.2, 0.25) is 0 Å². The number of aromatic nitrogens is 4. The van der Waals surface area contributed by atoms with Gasteiger partial charge in [-0.2, -0.15) is 5.10 Å². The van der Waals surface area contributed by atoms with Crippen LogP contribution < -0.4 is 4.90 Å². The van der Waals surface area contributed by atoms with Crippen molar-refractivity contribution in [2.24, 2.45) is 5.41 Å². The summed E-state index contributed by atoms with van der Waals surface area (Å²) in [7, 11) is 1.86. The van der Waals surface area contributed by atoms with Gasteiger partial charge in [-0.3, -0.25) is 0 Å². The topological polar surface area (TPSA) is 67.1 Å². The third-order valence-electron chi connectivity index (χ3n) is 6.64. The monoisotopic (exact) mass is 427 g/mol. The van der Waals surface area contributed by atoms with E-state index in [1.807, 2.05) is 25.8 Å². The summed E-state index contributed by atoms with van der Waals surface area (Å²) in [6.45, 7) is 4.07. The number of nitrogens with zero attached hydrogens (tertiary/aromatic N) is 5. The zero-order chi connectivity index (χ0) is 22.2. The van der Waals surface area contributed by atoms with E-state index in [0.29, 0.717) is 22.8 Å². The Morgan fingerprint density at radius 1 is 1.26 bits per heavy atom. The fourth-order valence-corrected chi connectivity index (χ4v) is 4.37. The summed E-state index contributed by atoms with van der Waals surface area (Å²) in [6, 6.07) is 8.21. The number of alkyl halides is 1. The molecule has 1 aromatic carbocycles. The largest absolute Gasteiger partial charge is 0.507 e. The molecule has 0 spiro atoms. The van der Waals surface area contributed by atoms with E-state index in [1.54, 1.807) is 24.3 Å². The number of aromatic hydroxyl groups is 1. The Hall–Kier alpha value is -3.03. The van der Waals surface area contributed by atoms with E-state index < -0.39 is 12.0 Å². The quantitative estimate of drug-likeness (QED) is 0.626. The van der Waals surface area contributed by atoms with Gasteiger partial charge in [0.05, 0.1) is 29.8 Å². The van der Waals surface area contributed by atoms with Crippen LogP contribution >= 0.6 is 0 Å². The molecule has 0 radical (unpaired) electrons. The molecule has 0 aliphatic heterocycles. The number of hydrogen-bond donors (Lipinski definition) is 1. The van der Waals surface area contributed by atoms with Crippen molar-refractivity contribution in [2.45, 2.75) is 51.7 Å². The zero-order valence-corrected chi connectivity index (χ0v) is 18.0. The van der Waals surface area contributed by atoms with Crippen LogP contribution in [0.5, 0.6) is 5.75 Å². The molecular formula is C23H27F2N5O. The lowest BCUT2D eigenvalue weighted by atomic mass is 9.70. The molecule has 1 aliphatic rings. The SMILES string of the molecule is CC[C@]1(C)CCC[C@H](N(C)c2ccc(-c3ccc(-n4cc(F)cn4)cc3O)nn2)[C@@H]1F. The van der Waals surface area contributed by atoms with Gasteiger partial charge in [0.25, 0.3) is 0 Å². The van der Waals surface area contributed by atoms with Crippen molar-refractivity contribution in [1.29, 1.82) is 0 Å². The molecule has 4 rings (SSSR count). The second kappa shape index (κ2) is 8.24. The highest BCUT2D eigenvalue weighted by molar-refractivity contribution is 5.69. The Bertz CT molecular complexity index is 1050. The highest BCUT2D eigenvalue weighted by atomic mass is 19.1. The van der Waals surface area contributed by atoms with Gasteiger partial charge in [0.1, 0.15) is 11.9 Å². The maximum Gasteiger partial charge on any atom is 0.161 e. The Kier molecular flexibility index (Phi) is 5.64. The van der Waals surface area contributed by atoms with Crippen molar-refractivity contribution in [3.8, 4) is 22.7 Å². The van der Waals surface area contributed by atoms with Crippen molar-refractivity contribution in [3.63, 3.8) is 0 Å². The van der Waals surface area contributed by atoms with Gasteiger partial charge < -0.3 is 10.0 Å². The van der Waals surface area contributed by atoms with Gasteiger partial charge in [0.15, 0.2) is 11.6 Å². The summed E-state index contributed by atoms with van der Waals surface area (Å²) in [4.78, 5) is 1.88. The van der Waals surface area contributed by atoms with Crippen LogP contribution in [0.25, 0.3) is 16.9 Å². The number of phenols is 1. The summed E-state index contributed by atoms with van der Waals surface area (Å²) in [6.07, 6.45) is 4.89. The van der Waals surface area contributed by atoms with E-state index in [0.717, 1.165) is 31.9 Å². The lowest BCUT2D eigenvalue weighted by molar-refractivity contribution is 0.0493. The molecule has 0 saturated heterocycles. The van der Waals surface area contributed by atoms with Crippen LogP contribution in [0.4, 0.5) is 14.6 Å². The van der Waals surface area contributed by atoms with Crippen LogP contribution in [0, 0.1) is 11.2 Å². The fraction of sp³-hybridized carbons (Fsp3) is 0.435. The highest BCUT2D eigenvalue weighted by Gasteiger charge is 2.43. The molecule has 1 N–H and O–H groups in total. The summed E-state index contributed by atoms with van der Waals surface area (Å²) < 4.78 is 29.8. The predicted octanol–water partition coefficient (Wildman–Crippen LogP) is 4.92. The predicted molar refractivity (Wildman–Crippen MR) is 116 cm³/mol. The first kappa shape index (κ1) is 21.2. The first-order chi connectivity index (χ1) is 14.8. The summed E-state index contributed by atoms with van der Waals surface area (Å²) in [5.74, 6) is 0.125. The fourth-order valence-electron chi connectivity index (χ4n) is 4.37. The molecule has 1 fully saturated rings. The Morgan fingerprint density at radius 2 is 2.06 bits per heavy atom. The maximum absolute atomic E-state index is 15.3. The summed E-state index contributed by atoms with van der Waals surface area (Å²) >= 11 is 0. The zero-order valence-electron chi connectivity index (χ0n) is 18.0. The van der Waals surface area contributed by atoms with E-state index in [4.69, 9.17) is 0 Å². The molecule has 2 aromatic heterocycles. The van der Waals surface area contributed by atoms with E-state index in [1.165, 1.54) is 16.9 Å². The van der Waals surface area contributed by atoms with Crippen molar-refractivity contribution < 1.29 is 13.9 Å². The minimum atomic E-state index is -0.929. The molecule has 164 valence electrons. The minimum absolute atomic E-state index is 0.0152. The number of anilines is 1. The number of benzene rings is 1. The number of hydrogen-bond acceptors (Lipinski definition) is 5. The molecule has 1 aliphatic carbocycles. The average Bonchev–Trinajstić information content (AvgIpc) is 3.22. The molecule has 3 atom stereocenters. The van der Waals surface area contributed by atoms with Crippen LogP contribution in [0.15, 0.2) is 42.7 Å². The van der Waals surface area contributed by atoms with E-state index in [2.05, 4.69) is 15.3 Å². The molecule has 1 saturated carbocycles. The van der Waals surface area contributed by atoms with Crippen LogP contribution in [-0.4, -0.2) is 44.3 Å². The third kappa shape index (κ3) is 3.98. The number of phenolic OH excluding ortho intramolecular Hbond substituents is 1. The Morgan fingerprint density at radius 3 is 2.68 bits per heavy atom. The average molecular weight is 427 g/mol. The highest BCUT2D eigenvalue weighted by Crippen LogP contribution is 2.43. The summed E-state index contributed by atoms with van der Waals surface area (Å²) in [5, 5.41) is 22.9. The smallest absolute Gasteiger partial charge is 0.161 e. The van der Waals surface area contributed by atoms with Crippen LogP contribution in [0.1, 0.15) is 39.5 Å². The second-order valence-electron chi connectivity index (χ2n) is 8.56. The normalized spacial score (nSPS) is 23.6. The summed E-state index contributed by atoms with van der Waals surface area (Å²) in [5.41, 5.74) is 1.21. The van der Waals surface area contributed by atoms with Gasteiger partial charge in [0.2, 0.25) is 0 Å². The molecule has 0 unspecified atom stereocenters. The van der Waals surface area contributed by atoms with Gasteiger partial charge in [-0.05, 0) is 43.5 Å². The van der Waals surface area contributed by atoms with Crippen molar-refractivity contribution >= 4 is 5.82 Å². The second-order valence-corrected chi connectivity index (χ2v) is 8.56. The van der Waals surface area contributed by atoms with Crippen molar-refractivity contribution in [1.82, 2.24) is 20.0 Å². The van der Waals surface area contributed by atoms with Crippen molar-refractivity contribution in [3.05, 3.63) is 48.5 Å². The lowest BCUT2D eigenvalue weighted by Gasteiger charge is -2.44. The molecule has 0 amide bonds. The van der Waals surface area contributed by atoms with E-state index in [-0.39, 0.29) is 17.2 Å².